The molecule has 0 nitrogen and oxygen atoms in total. The number of rotatable bonds is 2. The van der Waals surface area contributed by atoms with Gasteiger partial charge in [-0.1, -0.05) is 49.7 Å². The molecular formula is C18H17Cl2Hf-3. The SMILES string of the molecule is CC(C)c1ccc(-c2cccc3[cH-]ccc23)cc1.[Cl-].[Cl-].[Hf]. The third-order valence-electron chi connectivity index (χ3n) is 3.57. The minimum absolute atomic E-state index is 0. The molecule has 0 amide bonds. The summed E-state index contributed by atoms with van der Waals surface area (Å²) >= 11 is 0. The number of hydrogen-bond donors (Lipinski definition) is 0. The van der Waals surface area contributed by atoms with Crippen LogP contribution in [0.5, 0.6) is 0 Å². The third kappa shape index (κ3) is 4.25. The molecule has 0 aliphatic heterocycles. The molecule has 3 aromatic rings. The van der Waals surface area contributed by atoms with E-state index in [1.54, 1.807) is 0 Å². The van der Waals surface area contributed by atoms with Gasteiger partial charge in [0.25, 0.3) is 0 Å². The molecule has 110 valence electrons. The zero-order chi connectivity index (χ0) is 12.5. The summed E-state index contributed by atoms with van der Waals surface area (Å²) in [4.78, 5) is 0. The van der Waals surface area contributed by atoms with Crippen molar-refractivity contribution in [3.63, 3.8) is 0 Å². The van der Waals surface area contributed by atoms with Gasteiger partial charge in [0.15, 0.2) is 0 Å². The van der Waals surface area contributed by atoms with Crippen LogP contribution < -0.4 is 24.8 Å². The maximum Gasteiger partial charge on any atom is 0 e. The van der Waals surface area contributed by atoms with Crippen molar-refractivity contribution in [2.24, 2.45) is 0 Å². The van der Waals surface area contributed by atoms with E-state index in [0.29, 0.717) is 5.92 Å². The molecule has 0 heterocycles. The van der Waals surface area contributed by atoms with E-state index >= 15 is 0 Å². The van der Waals surface area contributed by atoms with Crippen LogP contribution in [0.25, 0.3) is 21.9 Å². The number of hydrogen-bond acceptors (Lipinski definition) is 0. The van der Waals surface area contributed by atoms with Gasteiger partial charge in [-0.3, -0.25) is 0 Å². The van der Waals surface area contributed by atoms with Crippen molar-refractivity contribution in [3.05, 3.63) is 66.2 Å². The van der Waals surface area contributed by atoms with E-state index in [1.165, 1.54) is 27.5 Å². The Morgan fingerprint density at radius 2 is 1.52 bits per heavy atom. The topological polar surface area (TPSA) is 0 Å². The van der Waals surface area contributed by atoms with Gasteiger partial charge >= 0.3 is 0 Å². The van der Waals surface area contributed by atoms with Gasteiger partial charge in [0.1, 0.15) is 0 Å². The molecule has 0 aromatic heterocycles. The summed E-state index contributed by atoms with van der Waals surface area (Å²) in [7, 11) is 0. The predicted octanol–water partition coefficient (Wildman–Crippen LogP) is -0.645. The molecule has 0 aliphatic carbocycles. The van der Waals surface area contributed by atoms with Crippen molar-refractivity contribution in [1.29, 1.82) is 0 Å². The average molecular weight is 483 g/mol. The fourth-order valence-electron chi connectivity index (χ4n) is 2.46. The molecule has 21 heavy (non-hydrogen) atoms. The first-order chi connectivity index (χ1) is 8.75. The number of fused-ring (bicyclic) bond motifs is 1. The van der Waals surface area contributed by atoms with Crippen molar-refractivity contribution < 1.29 is 50.7 Å². The maximum absolute atomic E-state index is 2.24. The molecule has 0 spiro atoms. The first-order valence-electron chi connectivity index (χ1n) is 6.50. The Kier molecular flexibility index (Phi) is 8.61. The Balaban J connectivity index is 0.00000133. The number of benzene rings is 2. The quantitative estimate of drug-likeness (QED) is 0.337. The minimum Gasteiger partial charge on any atom is -1.00 e. The van der Waals surface area contributed by atoms with Gasteiger partial charge in [0, 0.05) is 25.8 Å². The van der Waals surface area contributed by atoms with Crippen LogP contribution in [0.3, 0.4) is 0 Å². The van der Waals surface area contributed by atoms with Gasteiger partial charge < -0.3 is 24.8 Å². The summed E-state index contributed by atoms with van der Waals surface area (Å²) in [6, 6.07) is 21.9. The van der Waals surface area contributed by atoms with Gasteiger partial charge in [0.05, 0.1) is 0 Å². The zero-order valence-electron chi connectivity index (χ0n) is 12.1. The Morgan fingerprint density at radius 3 is 2.14 bits per heavy atom. The Hall–Kier alpha value is -0.500. The summed E-state index contributed by atoms with van der Waals surface area (Å²) in [6.07, 6.45) is 0. The molecule has 0 aliphatic rings. The third-order valence-corrected chi connectivity index (χ3v) is 3.57. The van der Waals surface area contributed by atoms with Crippen LogP contribution in [0.4, 0.5) is 0 Å². The largest absolute Gasteiger partial charge is 1.00 e. The summed E-state index contributed by atoms with van der Waals surface area (Å²) in [5.41, 5.74) is 4.03. The number of halogens is 2. The van der Waals surface area contributed by atoms with Crippen LogP contribution in [0.15, 0.2) is 60.7 Å². The van der Waals surface area contributed by atoms with Crippen LogP contribution >= 0.6 is 0 Å². The monoisotopic (exact) mass is 483 g/mol. The second kappa shape index (κ2) is 8.83. The van der Waals surface area contributed by atoms with Crippen molar-refractivity contribution in [3.8, 4) is 11.1 Å². The van der Waals surface area contributed by atoms with Crippen LogP contribution in [0, 0.1) is 0 Å². The maximum atomic E-state index is 2.24. The first-order valence-corrected chi connectivity index (χ1v) is 6.50. The molecule has 3 heteroatoms. The Bertz CT molecular complexity index is 669. The van der Waals surface area contributed by atoms with Crippen LogP contribution in [-0.4, -0.2) is 0 Å². The molecule has 0 saturated carbocycles. The first kappa shape index (κ1) is 20.5. The molecule has 0 unspecified atom stereocenters. The summed E-state index contributed by atoms with van der Waals surface area (Å²) in [5.74, 6) is 0.591. The molecule has 0 fully saturated rings. The standard InChI is InChI=1S/C18H17.2ClH.Hf/c1-13(2)14-9-11-16(12-10-14)18-8-4-6-15-5-3-7-17(15)18;;;/h3-13H,1-2H3;2*1H;/q-1;;;/p-2. The van der Waals surface area contributed by atoms with Crippen LogP contribution in [-0.2, 0) is 25.8 Å². The van der Waals surface area contributed by atoms with Crippen molar-refractivity contribution in [2.45, 2.75) is 19.8 Å². The second-order valence-electron chi connectivity index (χ2n) is 5.11. The van der Waals surface area contributed by atoms with E-state index < -0.39 is 0 Å². The van der Waals surface area contributed by atoms with Gasteiger partial charge in [0.2, 0.25) is 0 Å². The van der Waals surface area contributed by atoms with Gasteiger partial charge in [-0.25, -0.2) is 0 Å². The van der Waals surface area contributed by atoms with Gasteiger partial charge in [-0.15, -0.1) is 29.0 Å². The molecule has 0 radical (unpaired) electrons. The van der Waals surface area contributed by atoms with E-state index in [0.717, 1.165) is 0 Å². The average Bonchev–Trinajstić information content (AvgIpc) is 2.87. The molecule has 0 bridgehead atoms. The normalized spacial score (nSPS) is 9.67. The van der Waals surface area contributed by atoms with Gasteiger partial charge in [-0.2, -0.15) is 12.1 Å². The molecule has 3 aromatic carbocycles. The molecular weight excluding hydrogens is 466 g/mol. The summed E-state index contributed by atoms with van der Waals surface area (Å²) in [6.45, 7) is 4.46. The van der Waals surface area contributed by atoms with Crippen molar-refractivity contribution in [1.82, 2.24) is 0 Å². The molecule has 0 saturated heterocycles. The van der Waals surface area contributed by atoms with E-state index in [2.05, 4.69) is 74.5 Å². The minimum atomic E-state index is 0. The molecule has 3 rings (SSSR count). The molecule has 0 atom stereocenters. The van der Waals surface area contributed by atoms with Gasteiger partial charge in [-0.05, 0) is 17.0 Å². The van der Waals surface area contributed by atoms with Crippen molar-refractivity contribution >= 4 is 10.8 Å². The van der Waals surface area contributed by atoms with E-state index in [9.17, 15) is 0 Å². The Morgan fingerprint density at radius 1 is 0.857 bits per heavy atom. The van der Waals surface area contributed by atoms with Crippen LogP contribution in [0.1, 0.15) is 25.3 Å². The summed E-state index contributed by atoms with van der Waals surface area (Å²) < 4.78 is 0. The van der Waals surface area contributed by atoms with E-state index in [-0.39, 0.29) is 50.7 Å². The van der Waals surface area contributed by atoms with E-state index in [4.69, 9.17) is 0 Å². The van der Waals surface area contributed by atoms with Crippen molar-refractivity contribution in [2.75, 3.05) is 0 Å². The van der Waals surface area contributed by atoms with E-state index in [1.807, 2.05) is 0 Å². The smallest absolute Gasteiger partial charge is 0 e. The second-order valence-corrected chi connectivity index (χ2v) is 5.11. The van der Waals surface area contributed by atoms with Crippen LogP contribution in [0.2, 0.25) is 0 Å². The fraction of sp³-hybridized carbons (Fsp3) is 0.167. The zero-order valence-corrected chi connectivity index (χ0v) is 17.2. The fourth-order valence-corrected chi connectivity index (χ4v) is 2.46. The Labute approximate surface area is 157 Å². The predicted molar refractivity (Wildman–Crippen MR) is 79.1 cm³/mol. The summed E-state index contributed by atoms with van der Waals surface area (Å²) in [5, 5.41) is 2.66. The molecule has 0 N–H and O–H groups in total.